The van der Waals surface area contributed by atoms with Crippen LogP contribution in [-0.4, -0.2) is 35.6 Å². The lowest BCUT2D eigenvalue weighted by atomic mass is 10.0. The van der Waals surface area contributed by atoms with Crippen molar-refractivity contribution in [1.29, 1.82) is 0 Å². The summed E-state index contributed by atoms with van der Waals surface area (Å²) in [6.07, 6.45) is 0.337. The lowest BCUT2D eigenvalue weighted by Crippen LogP contribution is -2.38. The van der Waals surface area contributed by atoms with Crippen molar-refractivity contribution in [3.8, 4) is 5.75 Å². The van der Waals surface area contributed by atoms with Crippen molar-refractivity contribution in [2.45, 2.75) is 46.8 Å². The van der Waals surface area contributed by atoms with Crippen LogP contribution in [0.3, 0.4) is 0 Å². The third-order valence-corrected chi connectivity index (χ3v) is 5.78. The van der Waals surface area contributed by atoms with Gasteiger partial charge in [-0.1, -0.05) is 61.5 Å². The Kier molecular flexibility index (Phi) is 8.45. The molecule has 6 nitrogen and oxygen atoms in total. The molecule has 0 saturated carbocycles. The molecule has 0 fully saturated rings. The number of aryl methyl sites for hydroxylation is 2. The minimum atomic E-state index is 0.0162. The van der Waals surface area contributed by atoms with Crippen LogP contribution in [0.2, 0.25) is 0 Å². The van der Waals surface area contributed by atoms with Gasteiger partial charge in [-0.05, 0) is 50.2 Å². The number of hydrogen-bond donors (Lipinski definition) is 1. The first kappa shape index (κ1) is 23.5. The summed E-state index contributed by atoms with van der Waals surface area (Å²) in [4.78, 5) is 15.0. The predicted molar refractivity (Wildman–Crippen MR) is 126 cm³/mol. The quantitative estimate of drug-likeness (QED) is 0.476. The Morgan fingerprint density at radius 1 is 1.06 bits per heavy atom. The molecular weight excluding hydrogens is 402 g/mol. The van der Waals surface area contributed by atoms with E-state index in [1.165, 1.54) is 5.56 Å². The number of hydrogen-bond acceptors (Lipinski definition) is 5. The summed E-state index contributed by atoms with van der Waals surface area (Å²) in [7, 11) is 0. The minimum absolute atomic E-state index is 0.0162. The number of nitrogens with zero attached hydrogens (tertiary/aromatic N) is 2. The Morgan fingerprint density at radius 3 is 2.34 bits per heavy atom. The van der Waals surface area contributed by atoms with Crippen LogP contribution in [0, 0.1) is 13.8 Å². The third-order valence-electron chi connectivity index (χ3n) is 5.78. The number of nitrogens with one attached hydrogen (secondary N) is 1. The van der Waals surface area contributed by atoms with Crippen molar-refractivity contribution in [3.05, 3.63) is 82.7 Å². The summed E-state index contributed by atoms with van der Waals surface area (Å²) in [6, 6.07) is 18.2. The smallest absolute Gasteiger partial charge is 0.224 e. The molecule has 2 aromatic carbocycles. The van der Waals surface area contributed by atoms with Gasteiger partial charge in [0, 0.05) is 6.54 Å². The summed E-state index contributed by atoms with van der Waals surface area (Å²) >= 11 is 0. The van der Waals surface area contributed by atoms with Crippen LogP contribution in [0.25, 0.3) is 0 Å². The number of carbonyl (C=O) groups is 1. The Labute approximate surface area is 190 Å². The fourth-order valence-corrected chi connectivity index (χ4v) is 3.82. The summed E-state index contributed by atoms with van der Waals surface area (Å²) in [5, 5.41) is 7.06. The van der Waals surface area contributed by atoms with Gasteiger partial charge in [0.2, 0.25) is 5.91 Å². The first-order chi connectivity index (χ1) is 15.5. The topological polar surface area (TPSA) is 67.6 Å². The second-order valence-electron chi connectivity index (χ2n) is 7.86. The van der Waals surface area contributed by atoms with Crippen molar-refractivity contribution < 1.29 is 14.1 Å². The van der Waals surface area contributed by atoms with Gasteiger partial charge in [0.05, 0.1) is 23.7 Å². The first-order valence-corrected chi connectivity index (χ1v) is 11.2. The molecule has 1 heterocycles. The predicted octanol–water partition coefficient (Wildman–Crippen LogP) is 4.61. The lowest BCUT2D eigenvalue weighted by molar-refractivity contribution is -0.120. The molecule has 3 aromatic rings. The van der Waals surface area contributed by atoms with Crippen molar-refractivity contribution in [2.75, 3.05) is 19.6 Å². The van der Waals surface area contributed by atoms with E-state index in [-0.39, 0.29) is 11.9 Å². The number of aromatic nitrogens is 1. The van der Waals surface area contributed by atoms with Crippen LogP contribution in [-0.2, 0) is 17.8 Å². The molecule has 0 aliphatic carbocycles. The number of ether oxygens (including phenoxy) is 1. The summed E-state index contributed by atoms with van der Waals surface area (Å²) in [5.41, 5.74) is 3.98. The minimum Gasteiger partial charge on any atom is -0.489 e. The SMILES string of the molecule is CCN(CC)[C@H](CNC(=O)Cc1ccc(OCc2c(C)noc2C)cc1)c1ccccc1. The number of likely N-dealkylation sites (N-methyl/N-ethyl adjacent to an activating group) is 1. The van der Waals surface area contributed by atoms with Crippen molar-refractivity contribution in [2.24, 2.45) is 0 Å². The van der Waals surface area contributed by atoms with Crippen molar-refractivity contribution in [3.63, 3.8) is 0 Å². The summed E-state index contributed by atoms with van der Waals surface area (Å²) < 4.78 is 11.0. The Bertz CT molecular complexity index is 960. The number of amides is 1. The molecule has 32 heavy (non-hydrogen) atoms. The maximum atomic E-state index is 12.6. The zero-order valence-electron chi connectivity index (χ0n) is 19.4. The average molecular weight is 436 g/mol. The second kappa shape index (κ2) is 11.5. The van der Waals surface area contributed by atoms with Gasteiger partial charge in [0.15, 0.2) is 0 Å². The van der Waals surface area contributed by atoms with E-state index in [0.717, 1.165) is 41.4 Å². The molecule has 1 amide bonds. The Balaban J connectivity index is 1.53. The highest BCUT2D eigenvalue weighted by Crippen LogP contribution is 2.20. The molecule has 0 aliphatic heterocycles. The molecule has 0 bridgehead atoms. The molecule has 1 aromatic heterocycles. The van der Waals surface area contributed by atoms with E-state index >= 15 is 0 Å². The second-order valence-corrected chi connectivity index (χ2v) is 7.86. The van der Waals surface area contributed by atoms with Gasteiger partial charge in [-0.15, -0.1) is 0 Å². The number of rotatable bonds is 11. The fourth-order valence-electron chi connectivity index (χ4n) is 3.82. The molecule has 1 N–H and O–H groups in total. The average Bonchev–Trinajstić information content (AvgIpc) is 3.14. The van der Waals surface area contributed by atoms with Gasteiger partial charge in [-0.2, -0.15) is 0 Å². The Hall–Kier alpha value is -3.12. The maximum Gasteiger partial charge on any atom is 0.224 e. The van der Waals surface area contributed by atoms with Gasteiger partial charge >= 0.3 is 0 Å². The Morgan fingerprint density at radius 2 is 1.75 bits per heavy atom. The van der Waals surface area contributed by atoms with E-state index in [9.17, 15) is 4.79 Å². The van der Waals surface area contributed by atoms with E-state index in [1.54, 1.807) is 0 Å². The molecule has 0 aliphatic rings. The highest BCUT2D eigenvalue weighted by atomic mass is 16.5. The molecule has 6 heteroatoms. The molecular formula is C26H33N3O3. The molecule has 1 atom stereocenters. The van der Waals surface area contributed by atoms with Crippen LogP contribution < -0.4 is 10.1 Å². The normalized spacial score (nSPS) is 12.0. The molecule has 0 unspecified atom stereocenters. The molecule has 3 rings (SSSR count). The highest BCUT2D eigenvalue weighted by Gasteiger charge is 2.18. The van der Waals surface area contributed by atoms with E-state index < -0.39 is 0 Å². The number of carbonyl (C=O) groups excluding carboxylic acids is 1. The van der Waals surface area contributed by atoms with Gasteiger partial charge in [-0.25, -0.2) is 0 Å². The van der Waals surface area contributed by atoms with E-state index in [0.29, 0.717) is 19.6 Å². The van der Waals surface area contributed by atoms with Gasteiger partial charge in [-0.3, -0.25) is 9.69 Å². The monoisotopic (exact) mass is 435 g/mol. The highest BCUT2D eigenvalue weighted by molar-refractivity contribution is 5.78. The first-order valence-electron chi connectivity index (χ1n) is 11.2. The summed E-state index contributed by atoms with van der Waals surface area (Å²) in [5.74, 6) is 1.54. The van der Waals surface area contributed by atoms with Gasteiger partial charge in [0.25, 0.3) is 0 Å². The van der Waals surface area contributed by atoms with E-state index in [1.807, 2.05) is 56.3 Å². The lowest BCUT2D eigenvalue weighted by Gasteiger charge is -2.30. The van der Waals surface area contributed by atoms with Crippen molar-refractivity contribution >= 4 is 5.91 Å². The van der Waals surface area contributed by atoms with E-state index in [2.05, 4.69) is 41.4 Å². The third kappa shape index (κ3) is 6.20. The molecule has 0 spiro atoms. The maximum absolute atomic E-state index is 12.6. The fraction of sp³-hybridized carbons (Fsp3) is 0.385. The van der Waals surface area contributed by atoms with Crippen LogP contribution in [0.5, 0.6) is 5.75 Å². The van der Waals surface area contributed by atoms with Crippen LogP contribution in [0.15, 0.2) is 59.1 Å². The van der Waals surface area contributed by atoms with E-state index in [4.69, 9.17) is 9.26 Å². The molecule has 170 valence electrons. The van der Waals surface area contributed by atoms with Gasteiger partial charge < -0.3 is 14.6 Å². The summed E-state index contributed by atoms with van der Waals surface area (Å²) in [6.45, 7) is 10.9. The molecule has 0 saturated heterocycles. The van der Waals surface area contributed by atoms with Crippen LogP contribution >= 0.6 is 0 Å². The largest absolute Gasteiger partial charge is 0.489 e. The number of benzene rings is 2. The zero-order valence-corrected chi connectivity index (χ0v) is 19.4. The van der Waals surface area contributed by atoms with Crippen LogP contribution in [0.4, 0.5) is 0 Å². The zero-order chi connectivity index (χ0) is 22.9. The molecule has 0 radical (unpaired) electrons. The van der Waals surface area contributed by atoms with Gasteiger partial charge in [0.1, 0.15) is 18.1 Å². The van der Waals surface area contributed by atoms with Crippen molar-refractivity contribution in [1.82, 2.24) is 15.4 Å². The van der Waals surface area contributed by atoms with Crippen LogP contribution in [0.1, 0.15) is 48.0 Å². The standard InChI is InChI=1S/C26H33N3O3/c1-5-29(6-2)25(22-10-8-7-9-11-22)17-27-26(30)16-21-12-14-23(15-13-21)31-18-24-19(3)28-32-20(24)4/h7-15,25H,5-6,16-18H2,1-4H3,(H,27,30)/t25-/m1/s1.